The summed E-state index contributed by atoms with van der Waals surface area (Å²) in [6.45, 7) is 4.71. The van der Waals surface area contributed by atoms with Crippen LogP contribution in [0.3, 0.4) is 0 Å². The first-order valence-corrected chi connectivity index (χ1v) is 18.6. The highest BCUT2D eigenvalue weighted by Gasteiger charge is 2.56. The summed E-state index contributed by atoms with van der Waals surface area (Å²) in [5.74, 6) is 0.881. The van der Waals surface area contributed by atoms with Crippen LogP contribution < -0.4 is 27.0 Å². The van der Waals surface area contributed by atoms with Gasteiger partial charge in [-0.15, -0.1) is 0 Å². The van der Waals surface area contributed by atoms with Gasteiger partial charge in [0.15, 0.2) is 0 Å². The van der Waals surface area contributed by atoms with Crippen LogP contribution in [-0.4, -0.2) is 50.1 Å². The van der Waals surface area contributed by atoms with Crippen molar-refractivity contribution in [2.24, 2.45) is 30.7 Å². The van der Waals surface area contributed by atoms with E-state index in [-0.39, 0.29) is 16.7 Å². The highest BCUT2D eigenvalue weighted by Crippen LogP contribution is 2.63. The third-order valence-corrected chi connectivity index (χ3v) is 12.8. The van der Waals surface area contributed by atoms with Crippen molar-refractivity contribution in [1.82, 2.24) is 24.0 Å². The third kappa shape index (κ3) is 5.81. The molecule has 0 saturated heterocycles. The van der Waals surface area contributed by atoms with E-state index >= 15 is 0 Å². The Bertz CT molecular complexity index is 2430. The van der Waals surface area contributed by atoms with Crippen LogP contribution in [0.4, 0.5) is 11.5 Å². The molecule has 2 fully saturated rings. The molecular formula is C41H44ClN7O4. The van der Waals surface area contributed by atoms with Gasteiger partial charge in [0.25, 0.3) is 5.56 Å². The lowest BCUT2D eigenvalue weighted by atomic mass is 9.80. The number of carbonyl (C=O) groups excluding carboxylic acids is 1. The van der Waals surface area contributed by atoms with Gasteiger partial charge in [0.05, 0.1) is 23.3 Å². The number of rotatable bonds is 9. The Balaban J connectivity index is 1.08. The molecule has 3 aromatic heterocycles. The molecule has 11 nitrogen and oxygen atoms in total. The number of benzene rings is 2. The number of nitrogens with two attached hydrogens (primary N) is 1. The molecule has 0 atom stereocenters. The van der Waals surface area contributed by atoms with Crippen molar-refractivity contribution >= 4 is 39.9 Å². The quantitative estimate of drug-likeness (QED) is 0.181. The molecule has 3 N–H and O–H groups in total. The summed E-state index contributed by atoms with van der Waals surface area (Å²) in [6.07, 6.45) is 8.52. The highest BCUT2D eigenvalue weighted by molar-refractivity contribution is 6.36. The van der Waals surface area contributed by atoms with Crippen molar-refractivity contribution in [1.29, 1.82) is 0 Å². The number of hydrogen-bond acceptors (Lipinski definition) is 8. The second-order valence-corrected chi connectivity index (χ2v) is 15.7. The molecule has 8 rings (SSSR count). The summed E-state index contributed by atoms with van der Waals surface area (Å²) < 4.78 is 8.39. The monoisotopic (exact) mass is 733 g/mol. The summed E-state index contributed by atoms with van der Waals surface area (Å²) in [6, 6.07) is 15.7. The highest BCUT2D eigenvalue weighted by atomic mass is 35.5. The molecule has 1 amide bonds. The minimum atomic E-state index is -0.419. The SMILES string of the molecule is COc1nc(-c2cccc(-c3cccc(Nc4nccc5c4c(=O)n(C)c(=O)n5C)c3C)c2Cl)cc2c1CCN(CCC13CCC(C(N)=O)(CC1)C3)C2. The molecule has 2 aromatic carbocycles. The number of amides is 1. The number of nitrogens with zero attached hydrogens (tertiary/aromatic N) is 5. The standard InChI is InChI=1S/C41H44ClN7O4/c1-24-26(7-6-10-30(24)45-35-33-32(11-18-44-35)47(2)39(52)48(3)37(33)50)28-8-5-9-29(34(28)42)31-21-25-22-49(19-12-27(25)36(46-31)53-4)20-17-40-13-15-41(23-40,16-14-40)38(43)51/h5-11,18,21H,12-17,19-20,22-23H2,1-4H3,(H2,43,51)(H,44,45). The van der Waals surface area contributed by atoms with Crippen LogP contribution >= 0.6 is 11.6 Å². The van der Waals surface area contributed by atoms with Gasteiger partial charge in [-0.1, -0.05) is 41.9 Å². The van der Waals surface area contributed by atoms with Crippen molar-refractivity contribution in [3.8, 4) is 28.3 Å². The van der Waals surface area contributed by atoms with E-state index in [0.717, 1.165) is 108 Å². The third-order valence-electron chi connectivity index (χ3n) is 12.4. The van der Waals surface area contributed by atoms with Gasteiger partial charge in [-0.3, -0.25) is 23.6 Å². The maximum Gasteiger partial charge on any atom is 0.330 e. The van der Waals surface area contributed by atoms with E-state index in [9.17, 15) is 14.4 Å². The molecule has 0 spiro atoms. The Morgan fingerprint density at radius 3 is 2.49 bits per heavy atom. The lowest BCUT2D eigenvalue weighted by molar-refractivity contribution is -0.127. The van der Waals surface area contributed by atoms with E-state index in [4.69, 9.17) is 27.1 Å². The molecular weight excluding hydrogens is 690 g/mol. The second kappa shape index (κ2) is 13.1. The maximum atomic E-state index is 13.2. The second-order valence-electron chi connectivity index (χ2n) is 15.3. The number of aryl methyl sites for hydroxylation is 1. The van der Waals surface area contributed by atoms with Gasteiger partial charge < -0.3 is 15.8 Å². The van der Waals surface area contributed by atoms with E-state index < -0.39 is 11.2 Å². The predicted octanol–water partition coefficient (Wildman–Crippen LogP) is 6.26. The molecule has 0 unspecified atom stereocenters. The molecule has 2 bridgehead atoms. The summed E-state index contributed by atoms with van der Waals surface area (Å²) in [7, 11) is 4.77. The minimum absolute atomic E-state index is 0.111. The van der Waals surface area contributed by atoms with E-state index in [1.54, 1.807) is 26.4 Å². The summed E-state index contributed by atoms with van der Waals surface area (Å²) in [4.78, 5) is 50.0. The van der Waals surface area contributed by atoms with Gasteiger partial charge in [0.1, 0.15) is 11.2 Å². The topological polar surface area (TPSA) is 137 Å². The number of aromatic nitrogens is 4. The van der Waals surface area contributed by atoms with Gasteiger partial charge in [0, 0.05) is 61.2 Å². The number of nitrogens with one attached hydrogen (secondary N) is 1. The fourth-order valence-corrected chi connectivity index (χ4v) is 9.56. The Morgan fingerprint density at radius 1 is 1.02 bits per heavy atom. The molecule has 2 saturated carbocycles. The zero-order valence-corrected chi connectivity index (χ0v) is 31.3. The smallest absolute Gasteiger partial charge is 0.330 e. The van der Waals surface area contributed by atoms with Gasteiger partial charge in [-0.2, -0.15) is 0 Å². The average Bonchev–Trinajstić information content (AvgIpc) is 3.74. The lowest BCUT2D eigenvalue weighted by Crippen LogP contribution is -2.37. The van der Waals surface area contributed by atoms with Crippen LogP contribution in [0.1, 0.15) is 55.2 Å². The fraction of sp³-hybridized carbons (Fsp3) is 0.390. The van der Waals surface area contributed by atoms with E-state index in [2.05, 4.69) is 21.3 Å². The van der Waals surface area contributed by atoms with Crippen molar-refractivity contribution < 1.29 is 9.53 Å². The minimum Gasteiger partial charge on any atom is -0.481 e. The Labute approximate surface area is 312 Å². The molecule has 5 aromatic rings. The van der Waals surface area contributed by atoms with E-state index in [1.165, 1.54) is 17.2 Å². The number of hydrogen-bond donors (Lipinski definition) is 2. The summed E-state index contributed by atoms with van der Waals surface area (Å²) >= 11 is 7.28. The number of ether oxygens (including phenoxy) is 1. The number of fused-ring (bicyclic) bond motifs is 4. The van der Waals surface area contributed by atoms with Crippen molar-refractivity contribution in [3.05, 3.63) is 97.3 Å². The Morgan fingerprint density at radius 2 is 1.75 bits per heavy atom. The fourth-order valence-electron chi connectivity index (χ4n) is 9.24. The van der Waals surface area contributed by atoms with Crippen molar-refractivity contribution in [2.75, 3.05) is 25.5 Å². The Kier molecular flexibility index (Phi) is 8.69. The van der Waals surface area contributed by atoms with Crippen LogP contribution in [0.5, 0.6) is 5.88 Å². The van der Waals surface area contributed by atoms with Gasteiger partial charge >= 0.3 is 5.69 Å². The maximum absolute atomic E-state index is 13.2. The van der Waals surface area contributed by atoms with Crippen LogP contribution in [0.15, 0.2) is 64.3 Å². The molecule has 12 heteroatoms. The first-order valence-electron chi connectivity index (χ1n) is 18.2. The summed E-state index contributed by atoms with van der Waals surface area (Å²) in [5, 5.41) is 4.26. The van der Waals surface area contributed by atoms with E-state index in [0.29, 0.717) is 27.6 Å². The number of methoxy groups -OCH3 is 1. The number of primary amides is 1. The van der Waals surface area contributed by atoms with E-state index in [1.807, 2.05) is 43.3 Å². The first-order chi connectivity index (χ1) is 25.4. The predicted molar refractivity (Wildman–Crippen MR) is 208 cm³/mol. The van der Waals surface area contributed by atoms with Gasteiger partial charge in [-0.05, 0) is 98.7 Å². The molecule has 4 heterocycles. The number of pyridine rings is 2. The number of carbonyl (C=O) groups is 1. The van der Waals surface area contributed by atoms with Crippen molar-refractivity contribution in [2.45, 2.75) is 58.4 Å². The van der Waals surface area contributed by atoms with Crippen LogP contribution in [0.2, 0.25) is 5.02 Å². The molecule has 274 valence electrons. The molecule has 0 radical (unpaired) electrons. The molecule has 3 aliphatic rings. The molecule has 1 aliphatic heterocycles. The zero-order chi connectivity index (χ0) is 37.2. The number of anilines is 2. The Hall–Kier alpha value is -5.00. The zero-order valence-electron chi connectivity index (χ0n) is 30.6. The van der Waals surface area contributed by atoms with Crippen LogP contribution in [0.25, 0.3) is 33.3 Å². The summed E-state index contributed by atoms with van der Waals surface area (Å²) in [5.41, 5.74) is 12.8. The average molecular weight is 734 g/mol. The lowest BCUT2D eigenvalue weighted by Gasteiger charge is -2.33. The van der Waals surface area contributed by atoms with Gasteiger partial charge in [0.2, 0.25) is 11.8 Å². The molecule has 53 heavy (non-hydrogen) atoms. The molecule has 2 aliphatic carbocycles. The first kappa shape index (κ1) is 35.1. The normalized spacial score (nSPS) is 20.8. The van der Waals surface area contributed by atoms with Crippen molar-refractivity contribution in [3.63, 3.8) is 0 Å². The van der Waals surface area contributed by atoms with Gasteiger partial charge in [-0.25, -0.2) is 14.8 Å². The van der Waals surface area contributed by atoms with Crippen LogP contribution in [0, 0.1) is 17.8 Å². The van der Waals surface area contributed by atoms with Crippen LogP contribution in [-0.2, 0) is 31.9 Å². The number of halogens is 1. The largest absolute Gasteiger partial charge is 0.481 e.